The quantitative estimate of drug-likeness (QED) is 0.886. The van der Waals surface area contributed by atoms with E-state index in [1.165, 1.54) is 24.7 Å². The molecule has 3 rings (SSSR count). The van der Waals surface area contributed by atoms with E-state index in [1.807, 2.05) is 11.0 Å². The third kappa shape index (κ3) is 3.92. The van der Waals surface area contributed by atoms with Gasteiger partial charge in [0.2, 0.25) is 5.91 Å². The van der Waals surface area contributed by atoms with Crippen LogP contribution in [-0.4, -0.2) is 48.9 Å². The molecular formula is C19H19FN4O3. The molecule has 0 bridgehead atoms. The van der Waals surface area contributed by atoms with Gasteiger partial charge in [-0.1, -0.05) is 6.07 Å². The molecule has 27 heavy (non-hydrogen) atoms. The maximum atomic E-state index is 13.8. The van der Waals surface area contributed by atoms with Crippen LogP contribution < -0.4 is 10.2 Å². The van der Waals surface area contributed by atoms with Gasteiger partial charge in [0.15, 0.2) is 0 Å². The van der Waals surface area contributed by atoms with Crippen LogP contribution >= 0.6 is 0 Å². The number of amides is 2. The van der Waals surface area contributed by atoms with Gasteiger partial charge >= 0.3 is 0 Å². The molecule has 1 unspecified atom stereocenters. The zero-order valence-electron chi connectivity index (χ0n) is 14.8. The number of rotatable bonds is 4. The van der Waals surface area contributed by atoms with E-state index in [9.17, 15) is 19.2 Å². The molecule has 0 spiro atoms. The Labute approximate surface area is 156 Å². The van der Waals surface area contributed by atoms with E-state index >= 15 is 0 Å². The fraction of sp³-hybridized carbons (Fsp3) is 0.316. The standard InChI is InChI=1S/C19H19FN4O3/c1-13(22-18(25)14-5-10-27-12-14)19(26)24-8-6-23(7-9-24)17-4-2-3-16(20)15(17)11-21/h2-5,10,12-13H,6-9H2,1H3,(H,22,25). The molecule has 0 radical (unpaired) electrons. The van der Waals surface area contributed by atoms with E-state index < -0.39 is 11.9 Å². The molecule has 1 aromatic carbocycles. The van der Waals surface area contributed by atoms with Crippen molar-refractivity contribution in [3.8, 4) is 6.07 Å². The average molecular weight is 370 g/mol. The Morgan fingerprint density at radius 1 is 1.26 bits per heavy atom. The molecule has 7 nitrogen and oxygen atoms in total. The summed E-state index contributed by atoms with van der Waals surface area (Å²) >= 11 is 0. The summed E-state index contributed by atoms with van der Waals surface area (Å²) in [5, 5.41) is 11.8. The number of nitriles is 1. The summed E-state index contributed by atoms with van der Waals surface area (Å²) in [4.78, 5) is 28.2. The first-order valence-corrected chi connectivity index (χ1v) is 8.56. The maximum absolute atomic E-state index is 13.8. The number of hydrogen-bond acceptors (Lipinski definition) is 5. The zero-order chi connectivity index (χ0) is 19.4. The number of piperazine rings is 1. The Morgan fingerprint density at radius 2 is 2.00 bits per heavy atom. The van der Waals surface area contributed by atoms with Crippen molar-refractivity contribution in [1.29, 1.82) is 5.26 Å². The highest BCUT2D eigenvalue weighted by molar-refractivity contribution is 5.97. The molecule has 1 N–H and O–H groups in total. The van der Waals surface area contributed by atoms with E-state index in [0.717, 1.165) is 0 Å². The smallest absolute Gasteiger partial charge is 0.255 e. The maximum Gasteiger partial charge on any atom is 0.255 e. The van der Waals surface area contributed by atoms with E-state index in [4.69, 9.17) is 4.42 Å². The molecule has 1 aliphatic heterocycles. The summed E-state index contributed by atoms with van der Waals surface area (Å²) in [6.45, 7) is 3.43. The van der Waals surface area contributed by atoms with Gasteiger partial charge in [-0.3, -0.25) is 9.59 Å². The lowest BCUT2D eigenvalue weighted by molar-refractivity contribution is -0.133. The van der Waals surface area contributed by atoms with Crippen LogP contribution in [0.15, 0.2) is 41.2 Å². The zero-order valence-corrected chi connectivity index (χ0v) is 14.8. The summed E-state index contributed by atoms with van der Waals surface area (Å²) in [6.07, 6.45) is 2.71. The van der Waals surface area contributed by atoms with Crippen LogP contribution in [0.1, 0.15) is 22.8 Å². The molecule has 1 aromatic heterocycles. The predicted octanol–water partition coefficient (Wildman–Crippen LogP) is 1.76. The summed E-state index contributed by atoms with van der Waals surface area (Å²) in [6, 6.07) is 7.27. The van der Waals surface area contributed by atoms with Crippen molar-refractivity contribution in [1.82, 2.24) is 10.2 Å². The number of carbonyl (C=O) groups excluding carboxylic acids is 2. The number of anilines is 1. The third-order valence-electron chi connectivity index (χ3n) is 4.54. The van der Waals surface area contributed by atoms with Crippen molar-refractivity contribution >= 4 is 17.5 Å². The van der Waals surface area contributed by atoms with Gasteiger partial charge in [-0.2, -0.15) is 5.26 Å². The highest BCUT2D eigenvalue weighted by Gasteiger charge is 2.27. The van der Waals surface area contributed by atoms with Crippen LogP contribution in [0, 0.1) is 17.1 Å². The Kier molecular flexibility index (Phi) is 5.41. The third-order valence-corrected chi connectivity index (χ3v) is 4.54. The first-order chi connectivity index (χ1) is 13.0. The van der Waals surface area contributed by atoms with Gasteiger partial charge in [0.25, 0.3) is 5.91 Å². The fourth-order valence-corrected chi connectivity index (χ4v) is 3.06. The normalized spacial score (nSPS) is 15.1. The number of nitrogens with zero attached hydrogens (tertiary/aromatic N) is 3. The predicted molar refractivity (Wildman–Crippen MR) is 95.5 cm³/mol. The molecule has 0 saturated carbocycles. The number of nitrogens with one attached hydrogen (secondary N) is 1. The molecule has 1 atom stereocenters. The van der Waals surface area contributed by atoms with Crippen molar-refractivity contribution in [2.75, 3.05) is 31.1 Å². The van der Waals surface area contributed by atoms with Crippen molar-refractivity contribution in [3.05, 3.63) is 53.7 Å². The monoisotopic (exact) mass is 370 g/mol. The van der Waals surface area contributed by atoms with Crippen molar-refractivity contribution < 1.29 is 18.4 Å². The molecule has 2 aromatic rings. The summed E-state index contributed by atoms with van der Waals surface area (Å²) in [5.41, 5.74) is 0.901. The average Bonchev–Trinajstić information content (AvgIpc) is 3.22. The van der Waals surface area contributed by atoms with Crippen LogP contribution in [0.5, 0.6) is 0 Å². The van der Waals surface area contributed by atoms with E-state index in [0.29, 0.717) is 37.4 Å². The van der Waals surface area contributed by atoms with Gasteiger partial charge in [-0.15, -0.1) is 0 Å². The second-order valence-corrected chi connectivity index (χ2v) is 6.27. The first kappa shape index (κ1) is 18.5. The molecule has 1 saturated heterocycles. The summed E-state index contributed by atoms with van der Waals surface area (Å²) < 4.78 is 18.7. The van der Waals surface area contributed by atoms with Crippen molar-refractivity contribution in [2.24, 2.45) is 0 Å². The lowest BCUT2D eigenvalue weighted by atomic mass is 10.1. The first-order valence-electron chi connectivity index (χ1n) is 8.56. The van der Waals surface area contributed by atoms with Crippen LogP contribution in [0.25, 0.3) is 0 Å². The van der Waals surface area contributed by atoms with E-state index in [2.05, 4.69) is 5.32 Å². The highest BCUT2D eigenvalue weighted by atomic mass is 19.1. The van der Waals surface area contributed by atoms with Gasteiger partial charge in [0.1, 0.15) is 29.8 Å². The second-order valence-electron chi connectivity index (χ2n) is 6.27. The summed E-state index contributed by atoms with van der Waals surface area (Å²) in [5.74, 6) is -1.11. The number of furan rings is 1. The van der Waals surface area contributed by atoms with Gasteiger partial charge in [0, 0.05) is 26.2 Å². The van der Waals surface area contributed by atoms with Crippen molar-refractivity contribution in [3.63, 3.8) is 0 Å². The van der Waals surface area contributed by atoms with E-state index in [-0.39, 0.29) is 17.4 Å². The summed E-state index contributed by atoms with van der Waals surface area (Å²) in [7, 11) is 0. The van der Waals surface area contributed by atoms with Crippen LogP contribution in [0.3, 0.4) is 0 Å². The number of halogens is 1. The number of carbonyl (C=O) groups is 2. The molecule has 2 heterocycles. The minimum atomic E-state index is -0.678. The minimum Gasteiger partial charge on any atom is -0.472 e. The lowest BCUT2D eigenvalue weighted by Gasteiger charge is -2.37. The van der Waals surface area contributed by atoms with Crippen LogP contribution in [0.2, 0.25) is 0 Å². The molecule has 140 valence electrons. The Balaban J connectivity index is 1.59. The molecular weight excluding hydrogens is 351 g/mol. The Morgan fingerprint density at radius 3 is 2.63 bits per heavy atom. The second kappa shape index (κ2) is 7.91. The Hall–Kier alpha value is -3.34. The topological polar surface area (TPSA) is 89.6 Å². The molecule has 8 heteroatoms. The number of hydrogen-bond donors (Lipinski definition) is 1. The molecule has 2 amide bonds. The molecule has 0 aliphatic carbocycles. The SMILES string of the molecule is CC(NC(=O)c1ccoc1)C(=O)N1CCN(c2cccc(F)c2C#N)CC1. The Bertz CT molecular complexity index is 868. The van der Waals surface area contributed by atoms with Gasteiger partial charge < -0.3 is 19.5 Å². The van der Waals surface area contributed by atoms with Crippen molar-refractivity contribution in [2.45, 2.75) is 13.0 Å². The highest BCUT2D eigenvalue weighted by Crippen LogP contribution is 2.23. The largest absolute Gasteiger partial charge is 0.472 e. The lowest BCUT2D eigenvalue weighted by Crippen LogP contribution is -2.54. The van der Waals surface area contributed by atoms with E-state index in [1.54, 1.807) is 24.0 Å². The van der Waals surface area contributed by atoms with Gasteiger partial charge in [0.05, 0.1) is 17.5 Å². The van der Waals surface area contributed by atoms with Crippen LogP contribution in [-0.2, 0) is 4.79 Å². The molecule has 1 aliphatic rings. The fourth-order valence-electron chi connectivity index (χ4n) is 3.06. The minimum absolute atomic E-state index is 0.0121. The van der Waals surface area contributed by atoms with Gasteiger partial charge in [-0.05, 0) is 25.1 Å². The molecule has 1 fully saturated rings. The van der Waals surface area contributed by atoms with Gasteiger partial charge in [-0.25, -0.2) is 4.39 Å². The van der Waals surface area contributed by atoms with Crippen LogP contribution in [0.4, 0.5) is 10.1 Å². The number of benzene rings is 1.